The Bertz CT molecular complexity index is 586. The normalized spacial score (nSPS) is 25.8. The average molecular weight is 360 g/mol. The molecule has 1 aromatic carbocycles. The molecule has 3 rings (SSSR count). The Morgan fingerprint density at radius 1 is 1.04 bits per heavy atom. The van der Waals surface area contributed by atoms with Crippen LogP contribution in [-0.2, 0) is 4.79 Å². The number of piperidine rings is 1. The SMILES string of the molecule is COc1ccc(N2CCN([C@H](C)C(=O)N3[C@@H](C)CCC[C@@H]3C)CC2)cc1. The third kappa shape index (κ3) is 3.98. The van der Waals surface area contributed by atoms with Crippen LogP contribution in [0.5, 0.6) is 5.75 Å². The number of benzene rings is 1. The van der Waals surface area contributed by atoms with E-state index in [2.05, 4.69) is 47.6 Å². The number of anilines is 1. The van der Waals surface area contributed by atoms with Gasteiger partial charge in [0.1, 0.15) is 5.75 Å². The zero-order valence-electron chi connectivity index (χ0n) is 16.6. The second-order valence-electron chi connectivity index (χ2n) is 7.77. The van der Waals surface area contributed by atoms with E-state index in [0.717, 1.165) is 44.8 Å². The number of rotatable bonds is 4. The maximum atomic E-state index is 13.1. The van der Waals surface area contributed by atoms with Crippen LogP contribution in [0, 0.1) is 0 Å². The third-order valence-corrected chi connectivity index (χ3v) is 6.10. The number of hydrogen-bond donors (Lipinski definition) is 0. The average Bonchev–Trinajstić information content (AvgIpc) is 2.67. The molecule has 0 bridgehead atoms. The maximum Gasteiger partial charge on any atom is 0.240 e. The number of nitrogens with zero attached hydrogens (tertiary/aromatic N) is 3. The summed E-state index contributed by atoms with van der Waals surface area (Å²) < 4.78 is 5.24. The summed E-state index contributed by atoms with van der Waals surface area (Å²) in [5.41, 5.74) is 1.22. The molecule has 0 saturated carbocycles. The lowest BCUT2D eigenvalue weighted by Gasteiger charge is -2.44. The highest BCUT2D eigenvalue weighted by Crippen LogP contribution is 2.25. The summed E-state index contributed by atoms with van der Waals surface area (Å²) in [7, 11) is 1.69. The molecule has 2 fully saturated rings. The number of carbonyl (C=O) groups is 1. The number of likely N-dealkylation sites (tertiary alicyclic amines) is 1. The largest absolute Gasteiger partial charge is 0.497 e. The number of ether oxygens (including phenoxy) is 1. The minimum Gasteiger partial charge on any atom is -0.497 e. The van der Waals surface area contributed by atoms with Gasteiger partial charge in [-0.2, -0.15) is 0 Å². The molecule has 5 heteroatoms. The van der Waals surface area contributed by atoms with Crippen molar-refractivity contribution in [2.45, 2.75) is 58.2 Å². The van der Waals surface area contributed by atoms with Crippen molar-refractivity contribution in [1.82, 2.24) is 9.80 Å². The van der Waals surface area contributed by atoms with Crippen molar-refractivity contribution in [3.8, 4) is 5.75 Å². The Labute approximate surface area is 157 Å². The molecule has 144 valence electrons. The molecule has 0 spiro atoms. The fourth-order valence-electron chi connectivity index (χ4n) is 4.39. The van der Waals surface area contributed by atoms with Gasteiger partial charge in [-0.25, -0.2) is 0 Å². The van der Waals surface area contributed by atoms with Crippen molar-refractivity contribution in [2.24, 2.45) is 0 Å². The molecule has 0 aromatic heterocycles. The van der Waals surface area contributed by atoms with Crippen molar-refractivity contribution in [3.05, 3.63) is 24.3 Å². The van der Waals surface area contributed by atoms with Crippen LogP contribution in [-0.4, -0.2) is 67.1 Å². The van der Waals surface area contributed by atoms with Crippen molar-refractivity contribution in [2.75, 3.05) is 38.2 Å². The molecule has 2 saturated heterocycles. The molecule has 3 atom stereocenters. The van der Waals surface area contributed by atoms with Gasteiger partial charge in [-0.1, -0.05) is 0 Å². The zero-order valence-corrected chi connectivity index (χ0v) is 16.6. The topological polar surface area (TPSA) is 36.0 Å². The van der Waals surface area contributed by atoms with Gasteiger partial charge >= 0.3 is 0 Å². The highest BCUT2D eigenvalue weighted by molar-refractivity contribution is 5.82. The summed E-state index contributed by atoms with van der Waals surface area (Å²) >= 11 is 0. The van der Waals surface area contributed by atoms with Gasteiger partial charge in [-0.05, 0) is 64.3 Å². The molecule has 2 heterocycles. The van der Waals surface area contributed by atoms with Gasteiger partial charge < -0.3 is 14.5 Å². The molecular formula is C21H33N3O2. The van der Waals surface area contributed by atoms with Crippen molar-refractivity contribution in [1.29, 1.82) is 0 Å². The van der Waals surface area contributed by atoms with Crippen LogP contribution in [0.25, 0.3) is 0 Å². The first-order chi connectivity index (χ1) is 12.5. The number of amides is 1. The maximum absolute atomic E-state index is 13.1. The summed E-state index contributed by atoms with van der Waals surface area (Å²) in [6.07, 6.45) is 3.50. The molecule has 1 amide bonds. The minimum absolute atomic E-state index is 0.0315. The summed E-state index contributed by atoms with van der Waals surface area (Å²) in [6.45, 7) is 10.2. The molecular weight excluding hydrogens is 326 g/mol. The van der Waals surface area contributed by atoms with E-state index in [1.165, 1.54) is 12.1 Å². The zero-order chi connectivity index (χ0) is 18.7. The molecule has 2 aliphatic rings. The van der Waals surface area contributed by atoms with Gasteiger partial charge in [0.2, 0.25) is 5.91 Å². The quantitative estimate of drug-likeness (QED) is 0.828. The van der Waals surface area contributed by atoms with E-state index in [0.29, 0.717) is 18.0 Å². The Kier molecular flexibility index (Phi) is 6.07. The molecule has 26 heavy (non-hydrogen) atoms. The van der Waals surface area contributed by atoms with E-state index < -0.39 is 0 Å². The number of carbonyl (C=O) groups excluding carboxylic acids is 1. The lowest BCUT2D eigenvalue weighted by Crippen LogP contribution is -2.58. The van der Waals surface area contributed by atoms with Gasteiger partial charge in [0, 0.05) is 44.0 Å². The summed E-state index contributed by atoms with van der Waals surface area (Å²) in [4.78, 5) is 20.0. The van der Waals surface area contributed by atoms with Crippen molar-refractivity contribution in [3.63, 3.8) is 0 Å². The monoisotopic (exact) mass is 359 g/mol. The fraction of sp³-hybridized carbons (Fsp3) is 0.667. The first-order valence-electron chi connectivity index (χ1n) is 9.96. The lowest BCUT2D eigenvalue weighted by atomic mass is 9.96. The van der Waals surface area contributed by atoms with Crippen LogP contribution < -0.4 is 9.64 Å². The van der Waals surface area contributed by atoms with Gasteiger partial charge in [0.25, 0.3) is 0 Å². The highest BCUT2D eigenvalue weighted by atomic mass is 16.5. The first-order valence-corrected chi connectivity index (χ1v) is 9.96. The predicted octanol–water partition coefficient (Wildman–Crippen LogP) is 3.00. The minimum atomic E-state index is -0.0315. The van der Waals surface area contributed by atoms with Crippen LogP contribution in [0.15, 0.2) is 24.3 Å². The number of piperazine rings is 1. The van der Waals surface area contributed by atoms with E-state index in [4.69, 9.17) is 4.74 Å². The second kappa shape index (κ2) is 8.30. The standard InChI is InChI=1S/C21H33N3O2/c1-16-6-5-7-17(2)24(16)21(25)18(3)22-12-14-23(15-13-22)19-8-10-20(26-4)11-9-19/h8-11,16-18H,5-7,12-15H2,1-4H3/t16-,17-,18+/m0/s1. The molecule has 5 nitrogen and oxygen atoms in total. The Morgan fingerprint density at radius 2 is 1.62 bits per heavy atom. The van der Waals surface area contributed by atoms with Crippen molar-refractivity contribution >= 4 is 11.6 Å². The van der Waals surface area contributed by atoms with E-state index in [1.54, 1.807) is 7.11 Å². The number of hydrogen-bond acceptors (Lipinski definition) is 4. The van der Waals surface area contributed by atoms with Crippen LogP contribution in [0.2, 0.25) is 0 Å². The molecule has 1 aromatic rings. The molecule has 0 N–H and O–H groups in total. The van der Waals surface area contributed by atoms with Gasteiger partial charge in [-0.15, -0.1) is 0 Å². The fourth-order valence-corrected chi connectivity index (χ4v) is 4.39. The van der Waals surface area contributed by atoms with Gasteiger partial charge in [0.05, 0.1) is 13.2 Å². The molecule has 0 aliphatic carbocycles. The van der Waals surface area contributed by atoms with Crippen LogP contribution >= 0.6 is 0 Å². The Hall–Kier alpha value is -1.75. The molecule has 0 radical (unpaired) electrons. The first kappa shape index (κ1) is 19.0. The van der Waals surface area contributed by atoms with E-state index in [1.807, 2.05) is 12.1 Å². The second-order valence-corrected chi connectivity index (χ2v) is 7.77. The molecule has 2 aliphatic heterocycles. The summed E-state index contributed by atoms with van der Waals surface area (Å²) in [6, 6.07) is 8.94. The summed E-state index contributed by atoms with van der Waals surface area (Å²) in [5, 5.41) is 0. The van der Waals surface area contributed by atoms with Crippen LogP contribution in [0.4, 0.5) is 5.69 Å². The summed E-state index contributed by atoms with van der Waals surface area (Å²) in [5.74, 6) is 1.19. The third-order valence-electron chi connectivity index (χ3n) is 6.10. The van der Waals surface area contributed by atoms with Gasteiger partial charge in [0.15, 0.2) is 0 Å². The van der Waals surface area contributed by atoms with Crippen molar-refractivity contribution < 1.29 is 9.53 Å². The number of methoxy groups -OCH3 is 1. The van der Waals surface area contributed by atoms with E-state index in [9.17, 15) is 4.79 Å². The Balaban J connectivity index is 1.57. The predicted molar refractivity (Wildman–Crippen MR) is 106 cm³/mol. The van der Waals surface area contributed by atoms with E-state index in [-0.39, 0.29) is 6.04 Å². The van der Waals surface area contributed by atoms with E-state index >= 15 is 0 Å². The highest BCUT2D eigenvalue weighted by Gasteiger charge is 2.34. The van der Waals surface area contributed by atoms with Crippen LogP contribution in [0.1, 0.15) is 40.0 Å². The Morgan fingerprint density at radius 3 is 2.15 bits per heavy atom. The van der Waals surface area contributed by atoms with Crippen LogP contribution in [0.3, 0.4) is 0 Å². The molecule has 0 unspecified atom stereocenters. The lowest BCUT2D eigenvalue weighted by molar-refractivity contribution is -0.142. The van der Waals surface area contributed by atoms with Gasteiger partial charge in [-0.3, -0.25) is 9.69 Å². The smallest absolute Gasteiger partial charge is 0.240 e.